The van der Waals surface area contributed by atoms with Crippen LogP contribution in [0.25, 0.3) is 0 Å². The first kappa shape index (κ1) is 13.4. The van der Waals surface area contributed by atoms with Gasteiger partial charge in [0.05, 0.1) is 6.10 Å². The lowest BCUT2D eigenvalue weighted by Crippen LogP contribution is -2.18. The van der Waals surface area contributed by atoms with Crippen LogP contribution in [0.3, 0.4) is 0 Å². The Balaban J connectivity index is 1.93. The maximum atomic E-state index is 12.4. The molecule has 0 amide bonds. The van der Waals surface area contributed by atoms with E-state index in [-0.39, 0.29) is 5.56 Å². The molecule has 0 bridgehead atoms. The van der Waals surface area contributed by atoms with Crippen LogP contribution in [0.2, 0.25) is 0 Å². The Morgan fingerprint density at radius 1 is 1.11 bits per heavy atom. The van der Waals surface area contributed by atoms with E-state index in [9.17, 15) is 13.9 Å². The predicted octanol–water partition coefficient (Wildman–Crippen LogP) is 3.47. The maximum Gasteiger partial charge on any atom is 0.263 e. The van der Waals surface area contributed by atoms with E-state index in [0.717, 1.165) is 26.1 Å². The van der Waals surface area contributed by atoms with Crippen molar-refractivity contribution in [2.24, 2.45) is 5.92 Å². The highest BCUT2D eigenvalue weighted by atomic mass is 19.3. The average molecular weight is 256 g/mol. The molecule has 2 nitrogen and oxygen atoms in total. The van der Waals surface area contributed by atoms with Gasteiger partial charge in [0.25, 0.3) is 6.43 Å². The Morgan fingerprint density at radius 3 is 2.22 bits per heavy atom. The number of benzene rings is 1. The van der Waals surface area contributed by atoms with Gasteiger partial charge in [0.15, 0.2) is 0 Å². The molecule has 1 aromatic rings. The minimum absolute atomic E-state index is 0.00276. The normalized spacial score (nSPS) is 19.1. The average Bonchev–Trinajstić information content (AvgIpc) is 2.40. The molecule has 1 N–H and O–H groups in total. The van der Waals surface area contributed by atoms with E-state index in [1.54, 1.807) is 12.1 Å². The smallest absolute Gasteiger partial charge is 0.263 e. The lowest BCUT2D eigenvalue weighted by molar-refractivity contribution is 0.0435. The third kappa shape index (κ3) is 3.50. The zero-order valence-corrected chi connectivity index (χ0v) is 10.2. The van der Waals surface area contributed by atoms with Crippen LogP contribution >= 0.6 is 0 Å². The highest BCUT2D eigenvalue weighted by Crippen LogP contribution is 2.28. The fourth-order valence-corrected chi connectivity index (χ4v) is 2.30. The minimum atomic E-state index is -2.45. The van der Waals surface area contributed by atoms with Crippen molar-refractivity contribution in [3.05, 3.63) is 35.4 Å². The molecule has 1 atom stereocenters. The van der Waals surface area contributed by atoms with Gasteiger partial charge in [-0.25, -0.2) is 8.78 Å². The van der Waals surface area contributed by atoms with Gasteiger partial charge in [-0.1, -0.05) is 24.3 Å². The molecule has 1 aromatic carbocycles. The standard InChI is InChI=1S/C14H18F2O2/c15-14(16)12-3-1-11(2-4-12)13(17)9-10-5-7-18-8-6-10/h1-4,10,13-14,17H,5-9H2. The molecule has 0 aromatic heterocycles. The van der Waals surface area contributed by atoms with Crippen LogP contribution in [0, 0.1) is 5.92 Å². The number of alkyl halides is 2. The first-order chi connectivity index (χ1) is 8.66. The zero-order chi connectivity index (χ0) is 13.0. The topological polar surface area (TPSA) is 29.5 Å². The maximum absolute atomic E-state index is 12.4. The summed E-state index contributed by atoms with van der Waals surface area (Å²) in [7, 11) is 0. The number of halogens is 2. The van der Waals surface area contributed by atoms with Gasteiger partial charge in [-0.15, -0.1) is 0 Å². The second-order valence-corrected chi connectivity index (χ2v) is 4.77. The summed E-state index contributed by atoms with van der Waals surface area (Å²) in [6.45, 7) is 1.50. The van der Waals surface area contributed by atoms with Crippen LogP contribution in [-0.4, -0.2) is 18.3 Å². The minimum Gasteiger partial charge on any atom is -0.388 e. The van der Waals surface area contributed by atoms with Crippen LogP contribution in [0.4, 0.5) is 8.78 Å². The summed E-state index contributed by atoms with van der Waals surface area (Å²) < 4.78 is 30.1. The fourth-order valence-electron chi connectivity index (χ4n) is 2.30. The molecular formula is C14H18F2O2. The zero-order valence-electron chi connectivity index (χ0n) is 10.2. The molecular weight excluding hydrogens is 238 g/mol. The van der Waals surface area contributed by atoms with Gasteiger partial charge in [-0.3, -0.25) is 0 Å². The van der Waals surface area contributed by atoms with E-state index in [0.29, 0.717) is 17.9 Å². The SMILES string of the molecule is OC(CC1CCOCC1)c1ccc(C(F)F)cc1. The molecule has 1 saturated heterocycles. The van der Waals surface area contributed by atoms with Crippen molar-refractivity contribution in [1.82, 2.24) is 0 Å². The Labute approximate surface area is 106 Å². The Bertz CT molecular complexity index is 359. The Morgan fingerprint density at radius 2 is 1.67 bits per heavy atom. The monoisotopic (exact) mass is 256 g/mol. The van der Waals surface area contributed by atoms with Crippen molar-refractivity contribution in [1.29, 1.82) is 0 Å². The third-order valence-corrected chi connectivity index (χ3v) is 3.47. The van der Waals surface area contributed by atoms with Crippen molar-refractivity contribution in [3.63, 3.8) is 0 Å². The molecule has 1 aliphatic rings. The summed E-state index contributed by atoms with van der Waals surface area (Å²) in [6, 6.07) is 5.94. The van der Waals surface area contributed by atoms with Crippen molar-refractivity contribution in [3.8, 4) is 0 Å². The van der Waals surface area contributed by atoms with Crippen LogP contribution in [0.15, 0.2) is 24.3 Å². The van der Waals surface area contributed by atoms with Gasteiger partial charge in [-0.2, -0.15) is 0 Å². The van der Waals surface area contributed by atoms with Crippen molar-refractivity contribution in [2.45, 2.75) is 31.8 Å². The van der Waals surface area contributed by atoms with Crippen LogP contribution in [-0.2, 0) is 4.74 Å². The number of aliphatic hydroxyl groups is 1. The number of ether oxygens (including phenoxy) is 1. The van der Waals surface area contributed by atoms with Crippen LogP contribution < -0.4 is 0 Å². The lowest BCUT2D eigenvalue weighted by Gasteiger charge is -2.24. The molecule has 4 heteroatoms. The van der Waals surface area contributed by atoms with E-state index in [2.05, 4.69) is 0 Å². The van der Waals surface area contributed by atoms with E-state index >= 15 is 0 Å². The molecule has 0 radical (unpaired) electrons. The fraction of sp³-hybridized carbons (Fsp3) is 0.571. The van der Waals surface area contributed by atoms with Gasteiger partial charge in [0, 0.05) is 18.8 Å². The summed E-state index contributed by atoms with van der Waals surface area (Å²) in [5, 5.41) is 10.1. The molecule has 100 valence electrons. The predicted molar refractivity (Wildman–Crippen MR) is 64.5 cm³/mol. The molecule has 0 aliphatic carbocycles. The largest absolute Gasteiger partial charge is 0.388 e. The van der Waals surface area contributed by atoms with Crippen molar-refractivity contribution < 1.29 is 18.6 Å². The number of aliphatic hydroxyl groups excluding tert-OH is 1. The van der Waals surface area contributed by atoms with Crippen LogP contribution in [0.1, 0.15) is 42.9 Å². The van der Waals surface area contributed by atoms with E-state index in [1.807, 2.05) is 0 Å². The molecule has 1 aliphatic heterocycles. The highest BCUT2D eigenvalue weighted by molar-refractivity contribution is 5.24. The second-order valence-electron chi connectivity index (χ2n) is 4.77. The van der Waals surface area contributed by atoms with Gasteiger partial charge >= 0.3 is 0 Å². The Kier molecular flexibility index (Phi) is 4.66. The highest BCUT2D eigenvalue weighted by Gasteiger charge is 2.19. The van der Waals surface area contributed by atoms with E-state index < -0.39 is 12.5 Å². The molecule has 18 heavy (non-hydrogen) atoms. The summed E-state index contributed by atoms with van der Waals surface area (Å²) in [5.74, 6) is 0.462. The van der Waals surface area contributed by atoms with Crippen LogP contribution in [0.5, 0.6) is 0 Å². The molecule has 2 rings (SSSR count). The third-order valence-electron chi connectivity index (χ3n) is 3.47. The molecule has 1 heterocycles. The summed E-state index contributed by atoms with van der Waals surface area (Å²) in [4.78, 5) is 0. The first-order valence-corrected chi connectivity index (χ1v) is 6.30. The lowest BCUT2D eigenvalue weighted by atomic mass is 9.91. The first-order valence-electron chi connectivity index (χ1n) is 6.30. The van der Waals surface area contributed by atoms with Gasteiger partial charge < -0.3 is 9.84 Å². The number of hydrogen-bond acceptors (Lipinski definition) is 2. The summed E-state index contributed by atoms with van der Waals surface area (Å²) in [5.41, 5.74) is 0.711. The van der Waals surface area contributed by atoms with E-state index in [4.69, 9.17) is 4.74 Å². The molecule has 0 saturated carbocycles. The molecule has 1 unspecified atom stereocenters. The summed E-state index contributed by atoms with van der Waals surface area (Å²) >= 11 is 0. The quantitative estimate of drug-likeness (QED) is 0.893. The Hall–Kier alpha value is -1.00. The van der Waals surface area contributed by atoms with Crippen molar-refractivity contribution >= 4 is 0 Å². The molecule has 1 fully saturated rings. The van der Waals surface area contributed by atoms with Gasteiger partial charge in [0.2, 0.25) is 0 Å². The number of rotatable bonds is 4. The van der Waals surface area contributed by atoms with Gasteiger partial charge in [-0.05, 0) is 30.7 Å². The van der Waals surface area contributed by atoms with Crippen molar-refractivity contribution in [2.75, 3.05) is 13.2 Å². The second kappa shape index (κ2) is 6.25. The van der Waals surface area contributed by atoms with E-state index in [1.165, 1.54) is 12.1 Å². The molecule has 0 spiro atoms. The van der Waals surface area contributed by atoms with Gasteiger partial charge in [0.1, 0.15) is 0 Å². The summed E-state index contributed by atoms with van der Waals surface area (Å²) in [6.07, 6.45) is -0.415. The number of hydrogen-bond donors (Lipinski definition) is 1.